The third kappa shape index (κ3) is 3.08. The molecule has 0 saturated carbocycles. The van der Waals surface area contributed by atoms with Crippen molar-refractivity contribution in [2.75, 3.05) is 13.5 Å². The standard InChI is InChI=1S/C16H20N2O5/c1-17-6-3-5-11(17)10-4-2-7-18(9-10)15-14(20)12(19)8-13(23-15)16(21)22/h2,4,7-9,11-12,14-15,19-20H,3,5-6H2,1H3/p+1/t11-,12-,14+,15+/m0/s1/i1D3. The maximum absolute atomic E-state index is 11.1. The van der Waals surface area contributed by atoms with Crippen molar-refractivity contribution in [2.45, 2.75) is 37.3 Å². The molecule has 7 nitrogen and oxygen atoms in total. The molecular weight excluding hydrogens is 300 g/mol. The normalized spacial score (nSPS) is 34.0. The summed E-state index contributed by atoms with van der Waals surface area (Å²) in [5, 5.41) is 29.2. The van der Waals surface area contributed by atoms with E-state index < -0.39 is 37.1 Å². The number of aliphatic hydroxyl groups is 2. The highest BCUT2D eigenvalue weighted by atomic mass is 16.5. The lowest BCUT2D eigenvalue weighted by atomic mass is 10.1. The maximum Gasteiger partial charge on any atom is 0.371 e. The Labute approximate surface area is 138 Å². The predicted octanol–water partition coefficient (Wildman–Crippen LogP) is -0.0401. The Kier molecular flexibility index (Phi) is 3.40. The van der Waals surface area contributed by atoms with Gasteiger partial charge < -0.3 is 20.1 Å². The molecule has 3 N–H and O–H groups in total. The molecule has 0 spiro atoms. The molecule has 124 valence electrons. The zero-order valence-corrected chi connectivity index (χ0v) is 12.4. The highest BCUT2D eigenvalue weighted by Crippen LogP contribution is 2.30. The zero-order chi connectivity index (χ0) is 19.1. The molecule has 7 heteroatoms. The van der Waals surface area contributed by atoms with Crippen LogP contribution in [0.4, 0.5) is 0 Å². The molecule has 23 heavy (non-hydrogen) atoms. The fourth-order valence-electron chi connectivity index (χ4n) is 3.00. The van der Waals surface area contributed by atoms with Gasteiger partial charge in [-0.25, -0.2) is 4.79 Å². The van der Waals surface area contributed by atoms with Crippen LogP contribution >= 0.6 is 0 Å². The van der Waals surface area contributed by atoms with Gasteiger partial charge in [0.1, 0.15) is 6.10 Å². The Morgan fingerprint density at radius 1 is 1.52 bits per heavy atom. The van der Waals surface area contributed by atoms with Gasteiger partial charge in [-0.2, -0.15) is 4.57 Å². The van der Waals surface area contributed by atoms with Gasteiger partial charge in [-0.1, -0.05) is 0 Å². The Morgan fingerprint density at radius 2 is 2.35 bits per heavy atom. The molecule has 1 aromatic heterocycles. The summed E-state index contributed by atoms with van der Waals surface area (Å²) in [5.74, 6) is -1.79. The number of carboxylic acids is 1. The topological polar surface area (TPSA) is 94.1 Å². The van der Waals surface area contributed by atoms with Gasteiger partial charge in [0.05, 0.1) is 0 Å². The molecular formula is C16H21N2O5+. The lowest BCUT2D eigenvalue weighted by molar-refractivity contribution is -0.769. The van der Waals surface area contributed by atoms with Crippen LogP contribution in [-0.2, 0) is 9.53 Å². The monoisotopic (exact) mass is 324 g/mol. The molecule has 0 aliphatic carbocycles. The minimum absolute atomic E-state index is 0.310. The second-order valence-electron chi connectivity index (χ2n) is 5.76. The number of aromatic nitrogens is 1. The van der Waals surface area contributed by atoms with Crippen LogP contribution in [0, 0.1) is 0 Å². The van der Waals surface area contributed by atoms with Crippen molar-refractivity contribution >= 4 is 5.97 Å². The van der Waals surface area contributed by atoms with Crippen LogP contribution in [0.15, 0.2) is 36.4 Å². The first-order valence-electron chi connectivity index (χ1n) is 8.94. The number of hydrogen-bond donors (Lipinski definition) is 3. The van der Waals surface area contributed by atoms with E-state index in [-0.39, 0.29) is 6.04 Å². The van der Waals surface area contributed by atoms with Gasteiger partial charge in [-0.3, -0.25) is 4.90 Å². The third-order valence-electron chi connectivity index (χ3n) is 4.20. The molecule has 0 amide bonds. The second kappa shape index (κ2) is 6.27. The SMILES string of the molecule is [2H]C([2H])([2H])N1CCC[C@H]1c1ccc[n+]([C@@H]2OC(C(=O)O)=C[C@H](O)[C@H]2O)c1. The van der Waals surface area contributed by atoms with Crippen molar-refractivity contribution in [3.63, 3.8) is 0 Å². The average molecular weight is 324 g/mol. The zero-order valence-electron chi connectivity index (χ0n) is 15.4. The lowest BCUT2D eigenvalue weighted by Gasteiger charge is -2.27. The van der Waals surface area contributed by atoms with Crippen LogP contribution in [0.1, 0.15) is 34.8 Å². The van der Waals surface area contributed by atoms with Crippen LogP contribution in [0.3, 0.4) is 0 Å². The molecule has 0 bridgehead atoms. The van der Waals surface area contributed by atoms with E-state index in [1.165, 1.54) is 9.47 Å². The quantitative estimate of drug-likeness (QED) is 0.676. The Bertz CT molecular complexity index is 724. The number of ether oxygens (including phenoxy) is 1. The van der Waals surface area contributed by atoms with Crippen LogP contribution in [-0.4, -0.2) is 51.9 Å². The van der Waals surface area contributed by atoms with Gasteiger partial charge in [-0.15, -0.1) is 0 Å². The summed E-state index contributed by atoms with van der Waals surface area (Å²) in [6.45, 7) is -1.75. The van der Waals surface area contributed by atoms with Crippen molar-refractivity contribution in [3.05, 3.63) is 41.9 Å². The summed E-state index contributed by atoms with van der Waals surface area (Å²) in [6.07, 6.45) is 1.70. The van der Waals surface area contributed by atoms with Crippen molar-refractivity contribution in [1.82, 2.24) is 4.90 Å². The number of hydrogen-bond acceptors (Lipinski definition) is 5. The average Bonchev–Trinajstić information content (AvgIpc) is 3.07. The number of carboxylic acid groups (broad SMARTS) is 1. The largest absolute Gasteiger partial charge is 0.475 e. The lowest BCUT2D eigenvalue weighted by Crippen LogP contribution is -2.53. The molecule has 1 fully saturated rings. The van der Waals surface area contributed by atoms with E-state index in [1.807, 2.05) is 0 Å². The smallest absolute Gasteiger partial charge is 0.371 e. The van der Waals surface area contributed by atoms with E-state index >= 15 is 0 Å². The molecule has 2 aliphatic heterocycles. The van der Waals surface area contributed by atoms with Crippen LogP contribution in [0.25, 0.3) is 0 Å². The van der Waals surface area contributed by atoms with Gasteiger partial charge in [0, 0.05) is 21.8 Å². The highest BCUT2D eigenvalue weighted by Gasteiger charge is 2.41. The van der Waals surface area contributed by atoms with Crippen LogP contribution in [0.5, 0.6) is 0 Å². The van der Waals surface area contributed by atoms with Gasteiger partial charge >= 0.3 is 12.2 Å². The van der Waals surface area contributed by atoms with E-state index in [4.69, 9.17) is 14.0 Å². The summed E-state index contributed by atoms with van der Waals surface area (Å²) in [7, 11) is 0. The molecule has 3 rings (SSSR count). The number of likely N-dealkylation sites (tertiary alicyclic amines) is 1. The summed E-state index contributed by atoms with van der Waals surface area (Å²) < 4.78 is 29.8. The van der Waals surface area contributed by atoms with Gasteiger partial charge in [0.25, 0.3) is 0 Å². The fourth-order valence-corrected chi connectivity index (χ4v) is 3.00. The first-order chi connectivity index (χ1) is 12.2. The highest BCUT2D eigenvalue weighted by molar-refractivity contribution is 5.84. The van der Waals surface area contributed by atoms with Gasteiger partial charge in [0.15, 0.2) is 18.5 Å². The molecule has 0 unspecified atom stereocenters. The Balaban J connectivity index is 1.90. The minimum atomic E-state index is -2.21. The predicted molar refractivity (Wildman–Crippen MR) is 79.1 cm³/mol. The van der Waals surface area contributed by atoms with Crippen LogP contribution < -0.4 is 4.57 Å². The number of aliphatic carboxylic acids is 1. The van der Waals surface area contributed by atoms with Crippen molar-refractivity contribution in [3.8, 4) is 0 Å². The molecule has 0 aromatic carbocycles. The Hall–Kier alpha value is -1.96. The van der Waals surface area contributed by atoms with Gasteiger partial charge in [0.2, 0.25) is 5.76 Å². The second-order valence-corrected chi connectivity index (χ2v) is 5.76. The number of aliphatic hydroxyl groups excluding tert-OH is 2. The van der Waals surface area contributed by atoms with E-state index in [2.05, 4.69) is 0 Å². The fraction of sp³-hybridized carbons (Fsp3) is 0.500. The number of nitrogens with zero attached hydrogens (tertiary/aromatic N) is 2. The van der Waals surface area contributed by atoms with Crippen molar-refractivity contribution in [1.29, 1.82) is 0 Å². The number of carbonyl (C=O) groups is 1. The van der Waals surface area contributed by atoms with E-state index in [9.17, 15) is 15.0 Å². The number of rotatable bonds is 3. The molecule has 1 aromatic rings. The minimum Gasteiger partial charge on any atom is -0.475 e. The van der Waals surface area contributed by atoms with E-state index in [0.29, 0.717) is 13.0 Å². The van der Waals surface area contributed by atoms with E-state index in [0.717, 1.165) is 18.1 Å². The summed E-state index contributed by atoms with van der Waals surface area (Å²) >= 11 is 0. The van der Waals surface area contributed by atoms with Gasteiger partial charge in [-0.05, 0) is 38.5 Å². The van der Waals surface area contributed by atoms with Crippen LogP contribution in [0.2, 0.25) is 0 Å². The Morgan fingerprint density at radius 3 is 3.09 bits per heavy atom. The maximum atomic E-state index is 11.1. The molecule has 1 saturated heterocycles. The van der Waals surface area contributed by atoms with Crippen molar-refractivity contribution < 1.29 is 33.5 Å². The van der Waals surface area contributed by atoms with E-state index in [1.54, 1.807) is 24.5 Å². The first kappa shape index (κ1) is 12.5. The molecule has 0 radical (unpaired) electrons. The summed E-state index contributed by atoms with van der Waals surface area (Å²) in [6, 6.07) is 3.15. The third-order valence-corrected chi connectivity index (χ3v) is 4.20. The molecule has 4 atom stereocenters. The summed E-state index contributed by atoms with van der Waals surface area (Å²) in [5.41, 5.74) is 0.720. The molecule has 2 aliphatic rings. The first-order valence-corrected chi connectivity index (χ1v) is 7.44. The van der Waals surface area contributed by atoms with Crippen molar-refractivity contribution in [2.24, 2.45) is 0 Å². The number of pyridine rings is 1. The molecule has 3 heterocycles. The summed E-state index contributed by atoms with van der Waals surface area (Å²) in [4.78, 5) is 12.6.